The Labute approximate surface area is 125 Å². The second-order valence-electron chi connectivity index (χ2n) is 4.80. The molecular weight excluding hydrogens is 290 g/mol. The first-order valence-corrected chi connectivity index (χ1v) is 6.74. The Morgan fingerprint density at radius 2 is 1.90 bits per heavy atom. The van der Waals surface area contributed by atoms with Crippen molar-refractivity contribution in [3.8, 4) is 0 Å². The number of rotatable bonds is 1. The number of hydrogen-bond donors (Lipinski definition) is 1. The van der Waals surface area contributed by atoms with Crippen LogP contribution in [0.3, 0.4) is 0 Å². The Morgan fingerprint density at radius 3 is 2.62 bits per heavy atom. The molecule has 0 bridgehead atoms. The number of aromatic amines is 1. The van der Waals surface area contributed by atoms with Gasteiger partial charge in [0.1, 0.15) is 0 Å². The van der Waals surface area contributed by atoms with E-state index in [9.17, 15) is 9.59 Å². The second kappa shape index (κ2) is 4.90. The number of carbonyl (C=O) groups excluding carboxylic acids is 1. The molecule has 0 atom stereocenters. The van der Waals surface area contributed by atoms with Gasteiger partial charge in [-0.3, -0.25) is 4.79 Å². The Bertz CT molecular complexity index is 944. The van der Waals surface area contributed by atoms with Gasteiger partial charge in [0.25, 0.3) is 0 Å². The number of nitrogens with one attached hydrogen (secondary N) is 1. The summed E-state index contributed by atoms with van der Waals surface area (Å²) in [6.07, 6.45) is 0. The third kappa shape index (κ3) is 2.08. The summed E-state index contributed by atoms with van der Waals surface area (Å²) >= 11 is 6.10. The molecule has 1 aromatic heterocycles. The molecule has 2 aromatic carbocycles. The second-order valence-corrected chi connectivity index (χ2v) is 5.21. The third-order valence-electron chi connectivity index (χ3n) is 3.59. The highest BCUT2D eigenvalue weighted by Crippen LogP contribution is 2.24. The number of H-pyrrole nitrogens is 1. The van der Waals surface area contributed by atoms with E-state index in [-0.39, 0.29) is 5.43 Å². The first-order chi connectivity index (χ1) is 10.0. The van der Waals surface area contributed by atoms with E-state index in [0.717, 1.165) is 5.56 Å². The number of carbonyl (C=O) groups is 1. The molecule has 1 heterocycles. The lowest BCUT2D eigenvalue weighted by molar-refractivity contribution is 0.0601. The first-order valence-electron chi connectivity index (χ1n) is 6.36. The average Bonchev–Trinajstić information content (AvgIpc) is 2.50. The van der Waals surface area contributed by atoms with Crippen LogP contribution in [0.5, 0.6) is 0 Å². The van der Waals surface area contributed by atoms with Gasteiger partial charge in [-0.15, -0.1) is 0 Å². The van der Waals surface area contributed by atoms with Gasteiger partial charge in [-0.05, 0) is 42.8 Å². The minimum Gasteiger partial charge on any atom is -0.465 e. The number of methoxy groups -OCH3 is 1. The lowest BCUT2D eigenvalue weighted by Crippen LogP contribution is -2.07. The molecule has 0 amide bonds. The number of fused-ring (bicyclic) bond motifs is 2. The maximum atomic E-state index is 12.5. The lowest BCUT2D eigenvalue weighted by atomic mass is 10.1. The van der Waals surface area contributed by atoms with Crippen LogP contribution in [0.15, 0.2) is 35.1 Å². The van der Waals surface area contributed by atoms with Crippen LogP contribution >= 0.6 is 11.6 Å². The quantitative estimate of drug-likeness (QED) is 0.553. The fraction of sp³-hybridized carbons (Fsp3) is 0.125. The molecule has 0 saturated heterocycles. The van der Waals surface area contributed by atoms with Crippen molar-refractivity contribution in [2.45, 2.75) is 6.92 Å². The van der Waals surface area contributed by atoms with Crippen molar-refractivity contribution in [3.05, 3.63) is 56.7 Å². The Kier molecular flexibility index (Phi) is 3.18. The molecule has 0 fully saturated rings. The summed E-state index contributed by atoms with van der Waals surface area (Å²) in [5, 5.41) is 1.69. The highest BCUT2D eigenvalue weighted by molar-refractivity contribution is 6.32. The first kappa shape index (κ1) is 13.6. The highest BCUT2D eigenvalue weighted by atomic mass is 35.5. The van der Waals surface area contributed by atoms with E-state index in [4.69, 9.17) is 16.3 Å². The summed E-state index contributed by atoms with van der Waals surface area (Å²) in [4.78, 5) is 27.3. The summed E-state index contributed by atoms with van der Waals surface area (Å²) < 4.78 is 4.69. The van der Waals surface area contributed by atoms with Gasteiger partial charge in [-0.1, -0.05) is 11.6 Å². The van der Waals surface area contributed by atoms with Crippen molar-refractivity contribution >= 4 is 39.4 Å². The van der Waals surface area contributed by atoms with Crippen molar-refractivity contribution < 1.29 is 9.53 Å². The van der Waals surface area contributed by atoms with Crippen molar-refractivity contribution in [2.75, 3.05) is 7.11 Å². The predicted molar refractivity (Wildman–Crippen MR) is 83.2 cm³/mol. The summed E-state index contributed by atoms with van der Waals surface area (Å²) in [6.45, 7) is 1.84. The van der Waals surface area contributed by atoms with Gasteiger partial charge in [0, 0.05) is 15.8 Å². The fourth-order valence-corrected chi connectivity index (χ4v) is 2.56. The molecule has 0 aliphatic rings. The number of pyridine rings is 1. The van der Waals surface area contributed by atoms with Gasteiger partial charge in [-0.25, -0.2) is 4.79 Å². The zero-order valence-corrected chi connectivity index (χ0v) is 12.2. The topological polar surface area (TPSA) is 59.2 Å². The number of ether oxygens (including phenoxy) is 1. The van der Waals surface area contributed by atoms with Gasteiger partial charge in [-0.2, -0.15) is 0 Å². The summed E-state index contributed by atoms with van der Waals surface area (Å²) in [7, 11) is 1.32. The number of hydrogen-bond acceptors (Lipinski definition) is 3. The van der Waals surface area contributed by atoms with E-state index >= 15 is 0 Å². The number of benzene rings is 2. The van der Waals surface area contributed by atoms with Crippen LogP contribution in [0.1, 0.15) is 15.9 Å². The Morgan fingerprint density at radius 1 is 1.19 bits per heavy atom. The Hall–Kier alpha value is -2.33. The summed E-state index contributed by atoms with van der Waals surface area (Å²) in [6, 6.07) is 8.24. The van der Waals surface area contributed by atoms with Crippen LogP contribution in [0.4, 0.5) is 0 Å². The molecule has 0 spiro atoms. The molecule has 0 aliphatic heterocycles. The average molecular weight is 302 g/mol. The van der Waals surface area contributed by atoms with Crippen LogP contribution in [-0.2, 0) is 4.74 Å². The largest absolute Gasteiger partial charge is 0.465 e. The zero-order chi connectivity index (χ0) is 15.1. The monoisotopic (exact) mass is 301 g/mol. The smallest absolute Gasteiger partial charge is 0.337 e. The zero-order valence-electron chi connectivity index (χ0n) is 11.5. The van der Waals surface area contributed by atoms with Crippen molar-refractivity contribution in [1.29, 1.82) is 0 Å². The van der Waals surface area contributed by atoms with Gasteiger partial charge in [0.05, 0.1) is 23.7 Å². The SMILES string of the molecule is COC(=O)c1ccc2c(=O)c3ccc(Cl)c(C)c3[nH]c2c1. The maximum absolute atomic E-state index is 12.5. The molecule has 3 aromatic rings. The number of aromatic nitrogens is 1. The van der Waals surface area contributed by atoms with Crippen molar-refractivity contribution in [2.24, 2.45) is 0 Å². The van der Waals surface area contributed by atoms with Crippen molar-refractivity contribution in [3.63, 3.8) is 0 Å². The van der Waals surface area contributed by atoms with Crippen LogP contribution in [-0.4, -0.2) is 18.1 Å². The number of esters is 1. The normalized spacial score (nSPS) is 11.0. The van der Waals surface area contributed by atoms with E-state index in [1.54, 1.807) is 30.3 Å². The standard InChI is InChI=1S/C16H12ClNO3/c1-8-12(17)6-5-11-14(8)18-13-7-9(16(20)21-2)3-4-10(13)15(11)19/h3-7H,1-2H3,(H,18,19). The van der Waals surface area contributed by atoms with E-state index in [1.807, 2.05) is 6.92 Å². The molecule has 0 radical (unpaired) electrons. The molecule has 4 nitrogen and oxygen atoms in total. The molecule has 0 saturated carbocycles. The minimum atomic E-state index is -0.444. The van der Waals surface area contributed by atoms with Gasteiger partial charge >= 0.3 is 5.97 Å². The van der Waals surface area contributed by atoms with Gasteiger partial charge in [0.15, 0.2) is 5.43 Å². The van der Waals surface area contributed by atoms with Crippen molar-refractivity contribution in [1.82, 2.24) is 4.98 Å². The van der Waals surface area contributed by atoms with Crippen LogP contribution in [0.25, 0.3) is 21.8 Å². The fourth-order valence-electron chi connectivity index (χ4n) is 2.41. The molecule has 3 rings (SSSR count). The number of aryl methyl sites for hydroxylation is 1. The van der Waals surface area contributed by atoms with Gasteiger partial charge < -0.3 is 9.72 Å². The molecule has 0 unspecified atom stereocenters. The predicted octanol–water partition coefficient (Wildman–Crippen LogP) is 3.43. The van der Waals surface area contributed by atoms with E-state index < -0.39 is 5.97 Å². The van der Waals surface area contributed by atoms with Crippen LogP contribution in [0.2, 0.25) is 5.02 Å². The van der Waals surface area contributed by atoms with E-state index in [1.165, 1.54) is 7.11 Å². The molecule has 21 heavy (non-hydrogen) atoms. The highest BCUT2D eigenvalue weighted by Gasteiger charge is 2.12. The molecular formula is C16H12ClNO3. The molecule has 5 heteroatoms. The molecule has 1 N–H and O–H groups in total. The summed E-state index contributed by atoms with van der Waals surface area (Å²) in [5.74, 6) is -0.444. The van der Waals surface area contributed by atoms with Crippen LogP contribution in [0, 0.1) is 6.92 Å². The van der Waals surface area contributed by atoms with Gasteiger partial charge in [0.2, 0.25) is 0 Å². The molecule has 106 valence electrons. The number of halogens is 1. The Balaban J connectivity index is 2.43. The summed E-state index contributed by atoms with van der Waals surface area (Å²) in [5.41, 5.74) is 2.37. The maximum Gasteiger partial charge on any atom is 0.337 e. The minimum absolute atomic E-state index is 0.0880. The van der Waals surface area contributed by atoms with Crippen LogP contribution < -0.4 is 5.43 Å². The molecule has 0 aliphatic carbocycles. The lowest BCUT2D eigenvalue weighted by Gasteiger charge is -2.08. The van der Waals surface area contributed by atoms with E-state index in [2.05, 4.69) is 4.98 Å². The van der Waals surface area contributed by atoms with E-state index in [0.29, 0.717) is 32.4 Å². The third-order valence-corrected chi connectivity index (χ3v) is 4.00.